The molecule has 2 rings (SSSR count). The van der Waals surface area contributed by atoms with Crippen LogP contribution in [0.25, 0.3) is 0 Å². The molecule has 1 N–H and O–H groups in total. The molecule has 0 aromatic rings. The summed E-state index contributed by atoms with van der Waals surface area (Å²) in [7, 11) is 1.65. The Balaban J connectivity index is 1.81. The molecule has 5 nitrogen and oxygen atoms in total. The van der Waals surface area contributed by atoms with Gasteiger partial charge in [0.05, 0.1) is 18.4 Å². The van der Waals surface area contributed by atoms with Gasteiger partial charge in [-0.25, -0.2) is 0 Å². The first-order valence-electron chi connectivity index (χ1n) is 7.23. The van der Waals surface area contributed by atoms with E-state index in [1.54, 1.807) is 7.11 Å². The van der Waals surface area contributed by atoms with Crippen LogP contribution >= 0.6 is 0 Å². The van der Waals surface area contributed by atoms with Crippen LogP contribution in [0, 0.1) is 17.8 Å². The van der Waals surface area contributed by atoms with E-state index < -0.39 is 0 Å². The van der Waals surface area contributed by atoms with Gasteiger partial charge in [-0.05, 0) is 18.8 Å². The van der Waals surface area contributed by atoms with Crippen LogP contribution in [-0.4, -0.2) is 50.1 Å². The Bertz CT molecular complexity index is 322. The molecule has 2 fully saturated rings. The summed E-state index contributed by atoms with van der Waals surface area (Å²) in [4.78, 5) is 25.9. The number of methoxy groups -OCH3 is 1. The molecule has 0 bridgehead atoms. The third-order valence-corrected chi connectivity index (χ3v) is 4.40. The predicted octanol–water partition coefficient (Wildman–Crippen LogP) is 0.644. The van der Waals surface area contributed by atoms with Crippen LogP contribution in [0.2, 0.25) is 0 Å². The van der Waals surface area contributed by atoms with Crippen LogP contribution in [0.1, 0.15) is 26.2 Å². The van der Waals surface area contributed by atoms with Crippen molar-refractivity contribution in [3.8, 4) is 0 Å². The SMILES string of the molecule is CCC1CC2C(=O)N(CCNCCOC)C(=O)C2C1. The monoisotopic (exact) mass is 268 g/mol. The number of imide groups is 1. The van der Waals surface area contributed by atoms with Gasteiger partial charge >= 0.3 is 0 Å². The fourth-order valence-corrected chi connectivity index (χ4v) is 3.24. The highest BCUT2D eigenvalue weighted by atomic mass is 16.5. The maximum atomic E-state index is 12.2. The fourth-order valence-electron chi connectivity index (χ4n) is 3.24. The van der Waals surface area contributed by atoms with Gasteiger partial charge in [-0.1, -0.05) is 13.3 Å². The number of nitrogens with zero attached hydrogens (tertiary/aromatic N) is 1. The Kier molecular flexibility index (Phi) is 4.93. The van der Waals surface area contributed by atoms with Crippen LogP contribution < -0.4 is 5.32 Å². The second-order valence-corrected chi connectivity index (χ2v) is 5.53. The molecule has 1 saturated carbocycles. The number of nitrogens with one attached hydrogen (secondary N) is 1. The third-order valence-electron chi connectivity index (χ3n) is 4.40. The fraction of sp³-hybridized carbons (Fsp3) is 0.857. The smallest absolute Gasteiger partial charge is 0.233 e. The normalized spacial score (nSPS) is 30.2. The van der Waals surface area contributed by atoms with Crippen molar-refractivity contribution in [2.24, 2.45) is 17.8 Å². The number of amides is 2. The number of ether oxygens (including phenoxy) is 1. The average molecular weight is 268 g/mol. The van der Waals surface area contributed by atoms with Crippen molar-refractivity contribution in [1.29, 1.82) is 0 Å². The van der Waals surface area contributed by atoms with Gasteiger partial charge in [0, 0.05) is 26.7 Å². The van der Waals surface area contributed by atoms with Gasteiger partial charge in [0.2, 0.25) is 11.8 Å². The van der Waals surface area contributed by atoms with Gasteiger partial charge in [-0.2, -0.15) is 0 Å². The van der Waals surface area contributed by atoms with Crippen molar-refractivity contribution in [3.05, 3.63) is 0 Å². The first kappa shape index (κ1) is 14.5. The van der Waals surface area contributed by atoms with Crippen LogP contribution in [0.4, 0.5) is 0 Å². The van der Waals surface area contributed by atoms with E-state index in [9.17, 15) is 9.59 Å². The lowest BCUT2D eigenvalue weighted by Crippen LogP contribution is -2.38. The Morgan fingerprint density at radius 2 is 1.84 bits per heavy atom. The molecular formula is C14H24N2O3. The third kappa shape index (κ3) is 2.98. The average Bonchev–Trinajstić information content (AvgIpc) is 2.93. The summed E-state index contributed by atoms with van der Waals surface area (Å²) in [6.45, 7) is 4.67. The number of rotatable bonds is 7. The predicted molar refractivity (Wildman–Crippen MR) is 71.5 cm³/mol. The zero-order chi connectivity index (χ0) is 13.8. The Morgan fingerprint density at radius 1 is 1.21 bits per heavy atom. The molecule has 0 aromatic carbocycles. The molecule has 1 heterocycles. The van der Waals surface area contributed by atoms with Gasteiger partial charge in [0.15, 0.2) is 0 Å². The standard InChI is InChI=1S/C14H24N2O3/c1-3-10-8-11-12(9-10)14(18)16(13(11)17)6-4-15-5-7-19-2/h10-12,15H,3-9H2,1-2H3. The molecule has 1 aliphatic carbocycles. The lowest BCUT2D eigenvalue weighted by molar-refractivity contribution is -0.140. The van der Waals surface area contributed by atoms with E-state index >= 15 is 0 Å². The first-order valence-corrected chi connectivity index (χ1v) is 7.23. The minimum absolute atomic E-state index is 0.0311. The topological polar surface area (TPSA) is 58.6 Å². The highest BCUT2D eigenvalue weighted by molar-refractivity contribution is 6.05. The van der Waals surface area contributed by atoms with Crippen LogP contribution in [0.3, 0.4) is 0 Å². The summed E-state index contributed by atoms with van der Waals surface area (Å²) in [5.41, 5.74) is 0. The van der Waals surface area contributed by atoms with Crippen molar-refractivity contribution in [2.75, 3.05) is 33.4 Å². The largest absolute Gasteiger partial charge is 0.383 e. The Labute approximate surface area is 114 Å². The maximum absolute atomic E-state index is 12.2. The number of carbonyl (C=O) groups excluding carboxylic acids is 2. The molecule has 19 heavy (non-hydrogen) atoms. The quantitative estimate of drug-likeness (QED) is 0.544. The van der Waals surface area contributed by atoms with Gasteiger partial charge < -0.3 is 10.1 Å². The molecule has 0 spiro atoms. The zero-order valence-corrected chi connectivity index (χ0v) is 11.9. The lowest BCUT2D eigenvalue weighted by Gasteiger charge is -2.17. The van der Waals surface area contributed by atoms with E-state index in [0.29, 0.717) is 25.6 Å². The molecule has 108 valence electrons. The number of hydrogen-bond acceptors (Lipinski definition) is 4. The molecular weight excluding hydrogens is 244 g/mol. The number of carbonyl (C=O) groups is 2. The molecule has 1 aliphatic heterocycles. The van der Waals surface area contributed by atoms with Crippen molar-refractivity contribution in [1.82, 2.24) is 10.2 Å². The highest BCUT2D eigenvalue weighted by Crippen LogP contribution is 2.44. The van der Waals surface area contributed by atoms with Gasteiger partial charge in [-0.15, -0.1) is 0 Å². The van der Waals surface area contributed by atoms with Crippen molar-refractivity contribution in [2.45, 2.75) is 26.2 Å². The van der Waals surface area contributed by atoms with Crippen molar-refractivity contribution in [3.63, 3.8) is 0 Å². The van der Waals surface area contributed by atoms with E-state index in [1.807, 2.05) is 0 Å². The number of likely N-dealkylation sites (tertiary alicyclic amines) is 1. The molecule has 0 aromatic heterocycles. The van der Waals surface area contributed by atoms with Gasteiger partial charge in [0.1, 0.15) is 0 Å². The highest BCUT2D eigenvalue weighted by Gasteiger charge is 2.51. The van der Waals surface area contributed by atoms with E-state index in [0.717, 1.165) is 25.8 Å². The van der Waals surface area contributed by atoms with E-state index in [2.05, 4.69) is 12.2 Å². The maximum Gasteiger partial charge on any atom is 0.233 e. The Hall–Kier alpha value is -0.940. The molecule has 2 amide bonds. The second-order valence-electron chi connectivity index (χ2n) is 5.53. The molecule has 2 atom stereocenters. The van der Waals surface area contributed by atoms with E-state index in [4.69, 9.17) is 4.74 Å². The minimum atomic E-state index is -0.0311. The zero-order valence-electron chi connectivity index (χ0n) is 11.9. The molecule has 0 radical (unpaired) electrons. The minimum Gasteiger partial charge on any atom is -0.383 e. The lowest BCUT2D eigenvalue weighted by atomic mass is 10.00. The van der Waals surface area contributed by atoms with E-state index in [1.165, 1.54) is 4.90 Å². The second kappa shape index (κ2) is 6.48. The summed E-state index contributed by atoms with van der Waals surface area (Å²) < 4.78 is 4.93. The van der Waals surface area contributed by atoms with Crippen molar-refractivity contribution >= 4 is 11.8 Å². The molecule has 1 saturated heterocycles. The van der Waals surface area contributed by atoms with Crippen LogP contribution in [0.15, 0.2) is 0 Å². The summed E-state index contributed by atoms with van der Waals surface area (Å²) in [5.74, 6) is 0.608. The first-order chi connectivity index (χ1) is 9.19. The van der Waals surface area contributed by atoms with Crippen LogP contribution in [0.5, 0.6) is 0 Å². The van der Waals surface area contributed by atoms with E-state index in [-0.39, 0.29) is 23.7 Å². The summed E-state index contributed by atoms with van der Waals surface area (Å²) >= 11 is 0. The summed E-state index contributed by atoms with van der Waals surface area (Å²) in [6.07, 6.45) is 2.88. The van der Waals surface area contributed by atoms with Crippen molar-refractivity contribution < 1.29 is 14.3 Å². The molecule has 2 aliphatic rings. The van der Waals surface area contributed by atoms with Gasteiger partial charge in [-0.3, -0.25) is 14.5 Å². The molecule has 2 unspecified atom stereocenters. The summed E-state index contributed by atoms with van der Waals surface area (Å²) in [5, 5.41) is 3.17. The molecule has 5 heteroatoms. The summed E-state index contributed by atoms with van der Waals surface area (Å²) in [6, 6.07) is 0. The number of fused-ring (bicyclic) bond motifs is 1. The Morgan fingerprint density at radius 3 is 2.37 bits per heavy atom. The van der Waals surface area contributed by atoms with Gasteiger partial charge in [0.25, 0.3) is 0 Å². The number of hydrogen-bond donors (Lipinski definition) is 1. The van der Waals surface area contributed by atoms with Crippen LogP contribution in [-0.2, 0) is 14.3 Å².